The minimum Gasteiger partial charge on any atom is -0.292 e. The molecule has 0 fully saturated rings. The van der Waals surface area contributed by atoms with Crippen LogP contribution in [-0.4, -0.2) is 19.1 Å². The lowest BCUT2D eigenvalue weighted by Crippen LogP contribution is -2.15. The number of rotatable bonds is 5. The van der Waals surface area contributed by atoms with Crippen LogP contribution in [0.25, 0.3) is 78.5 Å². The molecule has 0 bridgehead atoms. The number of hydrogen-bond donors (Lipinski definition) is 0. The monoisotopic (exact) mass is 654 g/mol. The SMILES string of the molecule is CC1(C)c2cc(-c3ccc(-n4c(-c5ccccc5)nc5ccccc54)cc3)ccc2-c2ccc(-n3c(-c4ccccc4)nc4ccccc43)cc21. The van der Waals surface area contributed by atoms with Crippen LogP contribution in [0.15, 0.2) is 170 Å². The molecule has 0 saturated heterocycles. The second-order valence-electron chi connectivity index (χ2n) is 13.9. The van der Waals surface area contributed by atoms with Crippen LogP contribution in [0.3, 0.4) is 0 Å². The van der Waals surface area contributed by atoms with Gasteiger partial charge in [0.15, 0.2) is 0 Å². The van der Waals surface area contributed by atoms with E-state index in [0.29, 0.717) is 0 Å². The molecule has 9 aromatic rings. The number of imidazole rings is 2. The van der Waals surface area contributed by atoms with Crippen molar-refractivity contribution in [1.29, 1.82) is 0 Å². The Bertz CT molecular complexity index is 2750. The first kappa shape index (κ1) is 29.4. The summed E-state index contributed by atoms with van der Waals surface area (Å²) in [6.45, 7) is 4.71. The summed E-state index contributed by atoms with van der Waals surface area (Å²) in [6, 6.07) is 60.5. The zero-order valence-corrected chi connectivity index (χ0v) is 28.5. The molecule has 0 atom stereocenters. The summed E-state index contributed by atoms with van der Waals surface area (Å²) < 4.78 is 4.57. The summed E-state index contributed by atoms with van der Waals surface area (Å²) >= 11 is 0. The first-order chi connectivity index (χ1) is 25.0. The highest BCUT2D eigenvalue weighted by Crippen LogP contribution is 2.50. The van der Waals surface area contributed by atoms with Gasteiger partial charge in [-0.05, 0) is 88.0 Å². The van der Waals surface area contributed by atoms with Gasteiger partial charge in [0.2, 0.25) is 0 Å². The van der Waals surface area contributed by atoms with E-state index in [4.69, 9.17) is 9.97 Å². The van der Waals surface area contributed by atoms with Crippen LogP contribution in [0.5, 0.6) is 0 Å². The molecule has 1 aliphatic carbocycles. The van der Waals surface area contributed by atoms with Gasteiger partial charge in [-0.2, -0.15) is 0 Å². The van der Waals surface area contributed by atoms with Crippen LogP contribution in [-0.2, 0) is 5.41 Å². The van der Waals surface area contributed by atoms with E-state index in [-0.39, 0.29) is 5.41 Å². The lowest BCUT2D eigenvalue weighted by Gasteiger charge is -2.23. The normalized spacial score (nSPS) is 13.1. The fourth-order valence-electron chi connectivity index (χ4n) is 7.98. The lowest BCUT2D eigenvalue weighted by atomic mass is 9.81. The molecule has 0 N–H and O–H groups in total. The van der Waals surface area contributed by atoms with Crippen molar-refractivity contribution < 1.29 is 0 Å². The minimum atomic E-state index is -0.180. The van der Waals surface area contributed by atoms with Crippen molar-refractivity contribution in [1.82, 2.24) is 19.1 Å². The number of benzene rings is 7. The molecule has 0 saturated carbocycles. The maximum absolute atomic E-state index is 5.09. The van der Waals surface area contributed by atoms with Crippen LogP contribution in [0.1, 0.15) is 25.0 Å². The smallest absolute Gasteiger partial charge is 0.145 e. The summed E-state index contributed by atoms with van der Waals surface area (Å²) in [5, 5.41) is 0. The maximum Gasteiger partial charge on any atom is 0.145 e. The summed E-state index contributed by atoms with van der Waals surface area (Å²) in [7, 11) is 0. The van der Waals surface area contributed by atoms with Crippen LogP contribution in [0.4, 0.5) is 0 Å². The molecule has 0 unspecified atom stereocenters. The second-order valence-corrected chi connectivity index (χ2v) is 13.9. The Morgan fingerprint density at radius 3 is 1.43 bits per heavy atom. The molecule has 4 heteroatoms. The van der Waals surface area contributed by atoms with Gasteiger partial charge in [-0.15, -0.1) is 0 Å². The highest BCUT2D eigenvalue weighted by atomic mass is 15.1. The van der Waals surface area contributed by atoms with Crippen LogP contribution in [0.2, 0.25) is 0 Å². The third-order valence-electron chi connectivity index (χ3n) is 10.6. The zero-order chi connectivity index (χ0) is 34.1. The standard InChI is InChI=1S/C47H34N4/c1-47(2)39-29-34(31-21-24-35(25-22-31)50-43-19-11-9-17-41(43)48-45(50)32-13-5-3-6-14-32)23-27-37(39)38-28-26-36(30-40(38)47)51-44-20-12-10-18-42(44)49-46(51)33-15-7-4-8-16-33/h3-30H,1-2H3. The minimum absolute atomic E-state index is 0.180. The van der Waals surface area contributed by atoms with E-state index in [9.17, 15) is 0 Å². The maximum atomic E-state index is 5.09. The van der Waals surface area contributed by atoms with Gasteiger partial charge < -0.3 is 0 Å². The molecule has 0 radical (unpaired) electrons. The molecule has 7 aromatic carbocycles. The lowest BCUT2D eigenvalue weighted by molar-refractivity contribution is 0.660. The second kappa shape index (κ2) is 11.3. The van der Waals surface area contributed by atoms with Crippen molar-refractivity contribution in [3.8, 4) is 56.4 Å². The van der Waals surface area contributed by atoms with Gasteiger partial charge in [0.1, 0.15) is 11.6 Å². The van der Waals surface area contributed by atoms with Crippen molar-refractivity contribution >= 4 is 22.1 Å². The van der Waals surface area contributed by atoms with Crippen LogP contribution >= 0.6 is 0 Å². The van der Waals surface area contributed by atoms with Gasteiger partial charge in [0.05, 0.1) is 22.1 Å². The van der Waals surface area contributed by atoms with Crippen molar-refractivity contribution in [2.75, 3.05) is 0 Å². The van der Waals surface area contributed by atoms with E-state index in [1.54, 1.807) is 0 Å². The molecule has 2 heterocycles. The summed E-state index contributed by atoms with van der Waals surface area (Å²) in [5.74, 6) is 1.90. The third kappa shape index (κ3) is 4.60. The average Bonchev–Trinajstić information content (AvgIpc) is 3.84. The largest absolute Gasteiger partial charge is 0.292 e. The summed E-state index contributed by atoms with van der Waals surface area (Å²) in [6.07, 6.45) is 0. The first-order valence-corrected chi connectivity index (χ1v) is 17.5. The van der Waals surface area contributed by atoms with E-state index < -0.39 is 0 Å². The molecule has 0 aliphatic heterocycles. The molecule has 0 amide bonds. The molecule has 2 aromatic heterocycles. The molecule has 0 spiro atoms. The van der Waals surface area contributed by atoms with Gasteiger partial charge in [0, 0.05) is 27.9 Å². The molecule has 10 rings (SSSR count). The third-order valence-corrected chi connectivity index (χ3v) is 10.6. The van der Waals surface area contributed by atoms with E-state index in [1.165, 1.54) is 33.4 Å². The first-order valence-electron chi connectivity index (χ1n) is 17.5. The average molecular weight is 655 g/mol. The fourth-order valence-corrected chi connectivity index (χ4v) is 7.98. The quantitative estimate of drug-likeness (QED) is 0.185. The van der Waals surface area contributed by atoms with Gasteiger partial charge >= 0.3 is 0 Å². The van der Waals surface area contributed by atoms with Crippen molar-refractivity contribution in [3.05, 3.63) is 181 Å². The Balaban J connectivity index is 1.03. The number of fused-ring (bicyclic) bond motifs is 5. The van der Waals surface area contributed by atoms with Gasteiger partial charge in [-0.25, -0.2) is 9.97 Å². The van der Waals surface area contributed by atoms with E-state index in [2.05, 4.69) is 181 Å². The summed E-state index contributed by atoms with van der Waals surface area (Å²) in [4.78, 5) is 10.1. The molecule has 51 heavy (non-hydrogen) atoms. The Kier molecular flexibility index (Phi) is 6.49. The topological polar surface area (TPSA) is 35.6 Å². The molecular weight excluding hydrogens is 621 g/mol. The van der Waals surface area contributed by atoms with Crippen molar-refractivity contribution in [2.45, 2.75) is 19.3 Å². The Morgan fingerprint density at radius 1 is 0.392 bits per heavy atom. The molecular formula is C47H34N4. The zero-order valence-electron chi connectivity index (χ0n) is 28.5. The Morgan fingerprint density at radius 2 is 0.843 bits per heavy atom. The number of nitrogens with zero attached hydrogens (tertiary/aromatic N) is 4. The predicted octanol–water partition coefficient (Wildman–Crippen LogP) is 11.7. The number of para-hydroxylation sites is 4. The number of aromatic nitrogens is 4. The highest BCUT2D eigenvalue weighted by Gasteiger charge is 2.36. The van der Waals surface area contributed by atoms with E-state index >= 15 is 0 Å². The molecule has 242 valence electrons. The van der Waals surface area contributed by atoms with E-state index in [0.717, 1.165) is 56.2 Å². The highest BCUT2D eigenvalue weighted by molar-refractivity contribution is 5.88. The Hall–Kier alpha value is -6.52. The molecule has 1 aliphatic rings. The fraction of sp³-hybridized carbons (Fsp3) is 0.0638. The van der Waals surface area contributed by atoms with Crippen molar-refractivity contribution in [3.63, 3.8) is 0 Å². The predicted molar refractivity (Wildman–Crippen MR) is 210 cm³/mol. The van der Waals surface area contributed by atoms with E-state index in [1.807, 2.05) is 12.1 Å². The van der Waals surface area contributed by atoms with Gasteiger partial charge in [-0.1, -0.05) is 129 Å². The van der Waals surface area contributed by atoms with Crippen LogP contribution in [0, 0.1) is 0 Å². The van der Waals surface area contributed by atoms with Gasteiger partial charge in [0.25, 0.3) is 0 Å². The summed E-state index contributed by atoms with van der Waals surface area (Å²) in [5.41, 5.74) is 16.1. The Labute approximate surface area is 297 Å². The molecule has 4 nitrogen and oxygen atoms in total. The number of hydrogen-bond acceptors (Lipinski definition) is 2. The van der Waals surface area contributed by atoms with Gasteiger partial charge in [-0.3, -0.25) is 9.13 Å². The van der Waals surface area contributed by atoms with Crippen molar-refractivity contribution in [2.24, 2.45) is 0 Å². The van der Waals surface area contributed by atoms with Crippen LogP contribution < -0.4 is 0 Å².